The normalized spacial score (nSPS) is 24.8. The predicted molar refractivity (Wildman–Crippen MR) is 82.1 cm³/mol. The van der Waals surface area contributed by atoms with Gasteiger partial charge in [0.2, 0.25) is 17.7 Å². The number of hydrogen-bond donors (Lipinski definition) is 2. The Kier molecular flexibility index (Phi) is 3.72. The van der Waals surface area contributed by atoms with Crippen LogP contribution in [0.1, 0.15) is 44.6 Å². The third kappa shape index (κ3) is 2.63. The van der Waals surface area contributed by atoms with E-state index in [-0.39, 0.29) is 23.6 Å². The van der Waals surface area contributed by atoms with Crippen molar-refractivity contribution in [1.82, 2.24) is 5.32 Å². The van der Waals surface area contributed by atoms with Crippen molar-refractivity contribution >= 4 is 23.4 Å². The van der Waals surface area contributed by atoms with Crippen molar-refractivity contribution in [2.45, 2.75) is 44.4 Å². The summed E-state index contributed by atoms with van der Waals surface area (Å²) in [5.74, 6) is -0.195. The fraction of sp³-hybridized carbons (Fsp3) is 0.471. The molecule has 116 valence electrons. The first-order chi connectivity index (χ1) is 10.5. The quantitative estimate of drug-likeness (QED) is 0.836. The van der Waals surface area contributed by atoms with Crippen LogP contribution in [0.15, 0.2) is 24.3 Å². The Labute approximate surface area is 129 Å². The smallest absolute Gasteiger partial charge is 0.237 e. The van der Waals surface area contributed by atoms with E-state index in [9.17, 15) is 14.4 Å². The molecule has 2 fully saturated rings. The Morgan fingerprint density at radius 3 is 2.50 bits per heavy atom. The van der Waals surface area contributed by atoms with Crippen LogP contribution >= 0.6 is 0 Å². The molecule has 1 aromatic carbocycles. The first-order valence-electron chi connectivity index (χ1n) is 7.81. The summed E-state index contributed by atoms with van der Waals surface area (Å²) in [6.07, 6.45) is 3.47. The third-order valence-corrected chi connectivity index (χ3v) is 4.72. The van der Waals surface area contributed by atoms with Gasteiger partial charge in [-0.1, -0.05) is 19.1 Å². The fourth-order valence-electron chi connectivity index (χ4n) is 3.03. The number of benzene rings is 1. The molecule has 5 nitrogen and oxygen atoms in total. The highest BCUT2D eigenvalue weighted by atomic mass is 16.2. The van der Waals surface area contributed by atoms with Crippen molar-refractivity contribution in [3.63, 3.8) is 0 Å². The Balaban J connectivity index is 1.79. The highest BCUT2D eigenvalue weighted by Gasteiger charge is 2.42. The van der Waals surface area contributed by atoms with Crippen LogP contribution in [-0.4, -0.2) is 17.7 Å². The van der Waals surface area contributed by atoms with E-state index in [0.717, 1.165) is 24.1 Å². The van der Waals surface area contributed by atoms with E-state index in [2.05, 4.69) is 10.6 Å². The monoisotopic (exact) mass is 300 g/mol. The van der Waals surface area contributed by atoms with Gasteiger partial charge in [0.15, 0.2) is 0 Å². The molecule has 0 unspecified atom stereocenters. The Morgan fingerprint density at radius 1 is 1.27 bits per heavy atom. The van der Waals surface area contributed by atoms with Crippen molar-refractivity contribution in [3.8, 4) is 0 Å². The Hall–Kier alpha value is -2.17. The molecule has 2 aliphatic rings. The predicted octanol–water partition coefficient (Wildman–Crippen LogP) is 2.12. The van der Waals surface area contributed by atoms with Gasteiger partial charge in [0, 0.05) is 18.0 Å². The summed E-state index contributed by atoms with van der Waals surface area (Å²) in [5, 5.41) is 5.33. The summed E-state index contributed by atoms with van der Waals surface area (Å²) in [7, 11) is 0. The molecule has 1 saturated heterocycles. The van der Waals surface area contributed by atoms with E-state index < -0.39 is 5.41 Å². The molecule has 3 amide bonds. The molecule has 0 spiro atoms. The first kappa shape index (κ1) is 14.8. The van der Waals surface area contributed by atoms with Crippen LogP contribution in [0.25, 0.3) is 0 Å². The molecule has 0 bridgehead atoms. The molecule has 2 N–H and O–H groups in total. The number of imide groups is 1. The van der Waals surface area contributed by atoms with Gasteiger partial charge >= 0.3 is 0 Å². The molecular weight excluding hydrogens is 280 g/mol. The van der Waals surface area contributed by atoms with Crippen LogP contribution in [0.3, 0.4) is 0 Å². The fourth-order valence-corrected chi connectivity index (χ4v) is 3.03. The molecule has 1 heterocycles. The minimum absolute atomic E-state index is 0.0685. The summed E-state index contributed by atoms with van der Waals surface area (Å²) in [6.45, 7) is 1.96. The zero-order chi connectivity index (χ0) is 15.7. The van der Waals surface area contributed by atoms with E-state index in [4.69, 9.17) is 0 Å². The summed E-state index contributed by atoms with van der Waals surface area (Å²) < 4.78 is 0. The molecule has 3 rings (SSSR count). The van der Waals surface area contributed by atoms with Crippen LogP contribution in [-0.2, 0) is 19.8 Å². The second-order valence-corrected chi connectivity index (χ2v) is 6.15. The average Bonchev–Trinajstić information content (AvgIpc) is 3.34. The molecular formula is C17H20N2O3. The topological polar surface area (TPSA) is 75.3 Å². The number of carbonyl (C=O) groups is 3. The molecule has 5 heteroatoms. The van der Waals surface area contributed by atoms with Crippen molar-refractivity contribution in [2.75, 3.05) is 5.32 Å². The van der Waals surface area contributed by atoms with Gasteiger partial charge in [0.25, 0.3) is 0 Å². The molecule has 0 radical (unpaired) electrons. The van der Waals surface area contributed by atoms with Crippen LogP contribution in [0.5, 0.6) is 0 Å². The number of piperidine rings is 1. The van der Waals surface area contributed by atoms with Gasteiger partial charge in [0.1, 0.15) is 0 Å². The van der Waals surface area contributed by atoms with Crippen LogP contribution in [0, 0.1) is 5.92 Å². The summed E-state index contributed by atoms with van der Waals surface area (Å²) in [4.78, 5) is 35.4. The molecule has 0 aromatic heterocycles. The molecule has 1 atom stereocenters. The largest absolute Gasteiger partial charge is 0.326 e. The van der Waals surface area contributed by atoms with E-state index >= 15 is 0 Å². The second kappa shape index (κ2) is 5.55. The van der Waals surface area contributed by atoms with Gasteiger partial charge in [-0.2, -0.15) is 0 Å². The minimum atomic E-state index is -0.646. The Morgan fingerprint density at radius 2 is 1.95 bits per heavy atom. The van der Waals surface area contributed by atoms with Crippen LogP contribution < -0.4 is 10.6 Å². The molecule has 1 aliphatic heterocycles. The number of nitrogens with one attached hydrogen (secondary N) is 2. The van der Waals surface area contributed by atoms with Gasteiger partial charge < -0.3 is 5.32 Å². The summed E-state index contributed by atoms with van der Waals surface area (Å²) >= 11 is 0. The van der Waals surface area contributed by atoms with Gasteiger partial charge in [0.05, 0.1) is 5.41 Å². The van der Waals surface area contributed by atoms with Gasteiger partial charge in [-0.15, -0.1) is 0 Å². The number of amides is 3. The van der Waals surface area contributed by atoms with E-state index in [0.29, 0.717) is 19.3 Å². The zero-order valence-corrected chi connectivity index (χ0v) is 12.6. The summed E-state index contributed by atoms with van der Waals surface area (Å²) in [5.41, 5.74) is 0.996. The summed E-state index contributed by atoms with van der Waals surface area (Å²) in [6, 6.07) is 7.41. The number of carbonyl (C=O) groups excluding carboxylic acids is 3. The standard InChI is InChI=1S/C17H20N2O3/c1-2-17(10-9-14(20)19-16(17)22)12-5-7-13(8-6-12)18-15(21)11-3-4-11/h5-8,11H,2-4,9-10H2,1H3,(H,18,21)(H,19,20,22)/t17-/m1/s1. The van der Waals surface area contributed by atoms with Crippen molar-refractivity contribution in [2.24, 2.45) is 5.92 Å². The maximum absolute atomic E-state index is 12.3. The molecule has 22 heavy (non-hydrogen) atoms. The van der Waals surface area contributed by atoms with Crippen LogP contribution in [0.4, 0.5) is 5.69 Å². The SMILES string of the molecule is CC[C@]1(c2ccc(NC(=O)C3CC3)cc2)CCC(=O)NC1=O. The lowest BCUT2D eigenvalue weighted by Gasteiger charge is -2.35. The third-order valence-electron chi connectivity index (χ3n) is 4.72. The molecule has 1 aliphatic carbocycles. The molecule has 1 aromatic rings. The van der Waals surface area contributed by atoms with Gasteiger partial charge in [-0.05, 0) is 43.4 Å². The lowest BCUT2D eigenvalue weighted by Crippen LogP contribution is -2.51. The lowest BCUT2D eigenvalue weighted by atomic mass is 9.72. The van der Waals surface area contributed by atoms with Crippen LogP contribution in [0.2, 0.25) is 0 Å². The number of rotatable bonds is 4. The van der Waals surface area contributed by atoms with Crippen molar-refractivity contribution in [3.05, 3.63) is 29.8 Å². The number of hydrogen-bond acceptors (Lipinski definition) is 3. The van der Waals surface area contributed by atoms with Gasteiger partial charge in [-0.3, -0.25) is 19.7 Å². The van der Waals surface area contributed by atoms with E-state index in [1.165, 1.54) is 0 Å². The van der Waals surface area contributed by atoms with E-state index in [1.807, 2.05) is 31.2 Å². The highest BCUT2D eigenvalue weighted by molar-refractivity contribution is 6.03. The maximum atomic E-state index is 12.3. The molecule has 1 saturated carbocycles. The Bertz CT molecular complexity index is 619. The van der Waals surface area contributed by atoms with Crippen molar-refractivity contribution in [1.29, 1.82) is 0 Å². The minimum Gasteiger partial charge on any atom is -0.326 e. The van der Waals surface area contributed by atoms with Gasteiger partial charge in [-0.25, -0.2) is 0 Å². The zero-order valence-electron chi connectivity index (χ0n) is 12.6. The highest BCUT2D eigenvalue weighted by Crippen LogP contribution is 2.36. The first-order valence-corrected chi connectivity index (χ1v) is 7.81. The maximum Gasteiger partial charge on any atom is 0.237 e. The van der Waals surface area contributed by atoms with Crippen molar-refractivity contribution < 1.29 is 14.4 Å². The second-order valence-electron chi connectivity index (χ2n) is 6.15. The number of anilines is 1. The average molecular weight is 300 g/mol. The lowest BCUT2D eigenvalue weighted by molar-refractivity contribution is -0.138. The van der Waals surface area contributed by atoms with E-state index in [1.54, 1.807) is 0 Å².